The molecule has 0 amide bonds. The molecule has 0 aromatic rings. The number of nitrogens with two attached hydrogens (primary N) is 1. The van der Waals surface area contributed by atoms with Gasteiger partial charge < -0.3 is 9.49 Å². The molecule has 0 aliphatic heterocycles. The first kappa shape index (κ1) is 10.4. The van der Waals surface area contributed by atoms with Gasteiger partial charge in [0, 0.05) is 0 Å². The molecular formula is C4H5BBrNO4. The van der Waals surface area contributed by atoms with E-state index in [1.165, 1.54) is 0 Å². The van der Waals surface area contributed by atoms with E-state index in [2.05, 4.69) is 39.4 Å². The van der Waals surface area contributed by atoms with Gasteiger partial charge in [-0.05, 0) is 0 Å². The number of hydrogen-bond acceptors (Lipinski definition) is 5. The van der Waals surface area contributed by atoms with Crippen LogP contribution in [0.15, 0.2) is 0 Å². The van der Waals surface area contributed by atoms with Crippen molar-refractivity contribution in [3.63, 3.8) is 0 Å². The molecule has 1 atom stereocenters. The van der Waals surface area contributed by atoms with E-state index in [0.29, 0.717) is 0 Å². The Balaban J connectivity index is 3.77. The van der Waals surface area contributed by atoms with Crippen LogP contribution >= 0.6 is 15.9 Å². The zero-order chi connectivity index (χ0) is 8.85. The summed E-state index contributed by atoms with van der Waals surface area (Å²) in [4.78, 5) is 23.9. The maximum Gasteiger partial charge on any atom is 0.378 e. The first-order valence-corrected chi connectivity index (χ1v) is 3.47. The van der Waals surface area contributed by atoms with Crippen LogP contribution in [0.5, 0.6) is 0 Å². The highest BCUT2D eigenvalue weighted by molar-refractivity contribution is 9.10. The van der Waals surface area contributed by atoms with E-state index in [4.69, 9.17) is 0 Å². The highest BCUT2D eigenvalue weighted by Crippen LogP contribution is 2.06. The molecule has 0 aliphatic carbocycles. The van der Waals surface area contributed by atoms with Crippen LogP contribution < -0.4 is 5.90 Å². The van der Waals surface area contributed by atoms with Gasteiger partial charge in [0.1, 0.15) is 4.83 Å². The third kappa shape index (κ3) is 4.00. The number of rotatable bonds is 3. The van der Waals surface area contributed by atoms with E-state index < -0.39 is 16.8 Å². The third-order valence-corrected chi connectivity index (χ3v) is 1.55. The number of carbonyl (C=O) groups excluding carboxylic acids is 2. The average molecular weight is 222 g/mol. The van der Waals surface area contributed by atoms with E-state index in [1.807, 2.05) is 0 Å². The van der Waals surface area contributed by atoms with Crippen LogP contribution in [0.1, 0.15) is 6.42 Å². The topological polar surface area (TPSA) is 78.6 Å². The largest absolute Gasteiger partial charge is 0.543 e. The minimum atomic E-state index is -0.816. The summed E-state index contributed by atoms with van der Waals surface area (Å²) in [6, 6.07) is 0. The Kier molecular flexibility index (Phi) is 4.88. The number of hydrogen-bond donors (Lipinski definition) is 1. The number of carbonyl (C=O) groups is 2. The molecule has 0 rings (SSSR count). The van der Waals surface area contributed by atoms with Gasteiger partial charge in [-0.25, -0.2) is 0 Å². The van der Waals surface area contributed by atoms with Crippen molar-refractivity contribution in [3.8, 4) is 0 Å². The minimum absolute atomic E-state index is 0.216. The molecule has 0 bridgehead atoms. The van der Waals surface area contributed by atoms with Gasteiger partial charge in [-0.1, -0.05) is 15.9 Å². The molecule has 2 radical (unpaired) electrons. The van der Waals surface area contributed by atoms with Crippen molar-refractivity contribution in [1.29, 1.82) is 0 Å². The first-order valence-electron chi connectivity index (χ1n) is 2.56. The molecule has 0 aromatic carbocycles. The SMILES string of the molecule is [B]OC(=O)[C@H](Br)CC(=O)ON. The molecule has 0 saturated carbocycles. The highest BCUT2D eigenvalue weighted by Gasteiger charge is 2.19. The summed E-state index contributed by atoms with van der Waals surface area (Å²) in [5.41, 5.74) is 0. The Morgan fingerprint density at radius 3 is 2.55 bits per heavy atom. The lowest BCUT2D eigenvalue weighted by molar-refractivity contribution is -0.146. The summed E-state index contributed by atoms with van der Waals surface area (Å²) in [5, 5.41) is 0. The molecule has 0 aromatic heterocycles. The van der Waals surface area contributed by atoms with Crippen LogP contribution in [0.4, 0.5) is 0 Å². The molecule has 5 nitrogen and oxygen atoms in total. The predicted molar refractivity (Wildman–Crippen MR) is 39.5 cm³/mol. The standard InChI is InChI=1S/C4H5BBrNO4/c5-10-4(9)2(6)1-3(8)11-7/h2H,1,7H2/t2-/m1/s1. The smallest absolute Gasteiger partial charge is 0.378 e. The molecule has 0 aliphatic rings. The molecule has 0 heterocycles. The summed E-state index contributed by atoms with van der Waals surface area (Å²) in [7, 11) is 4.53. The zero-order valence-electron chi connectivity index (χ0n) is 5.45. The Hall–Kier alpha value is -0.555. The second-order valence-corrected chi connectivity index (χ2v) is 2.70. The summed E-state index contributed by atoms with van der Waals surface area (Å²) < 4.78 is 3.82. The van der Waals surface area contributed by atoms with Crippen molar-refractivity contribution in [3.05, 3.63) is 0 Å². The molecule has 0 spiro atoms. The maximum absolute atomic E-state index is 10.5. The molecule has 60 valence electrons. The van der Waals surface area contributed by atoms with Crippen LogP contribution in [0.25, 0.3) is 0 Å². The van der Waals surface area contributed by atoms with Crippen molar-refractivity contribution in [1.82, 2.24) is 0 Å². The second kappa shape index (κ2) is 5.14. The lowest BCUT2D eigenvalue weighted by Crippen LogP contribution is -2.22. The Morgan fingerprint density at radius 2 is 2.18 bits per heavy atom. The summed E-state index contributed by atoms with van der Waals surface area (Å²) >= 11 is 2.83. The Morgan fingerprint density at radius 1 is 1.64 bits per heavy atom. The van der Waals surface area contributed by atoms with E-state index in [-0.39, 0.29) is 6.42 Å². The van der Waals surface area contributed by atoms with Gasteiger partial charge in [0.2, 0.25) is 0 Å². The number of alkyl halides is 1. The Bertz CT molecular complexity index is 164. The maximum atomic E-state index is 10.5. The van der Waals surface area contributed by atoms with Gasteiger partial charge in [-0.2, -0.15) is 5.90 Å². The van der Waals surface area contributed by atoms with Crippen molar-refractivity contribution in [2.45, 2.75) is 11.2 Å². The van der Waals surface area contributed by atoms with Crippen LogP contribution in [-0.2, 0) is 19.1 Å². The molecular weight excluding hydrogens is 217 g/mol. The van der Waals surface area contributed by atoms with Gasteiger partial charge in [-0.15, -0.1) is 0 Å². The Labute approximate surface area is 72.7 Å². The van der Waals surface area contributed by atoms with Gasteiger partial charge in [0.25, 0.3) is 0 Å². The normalized spacial score (nSPS) is 11.8. The van der Waals surface area contributed by atoms with Crippen molar-refractivity contribution < 1.29 is 19.1 Å². The monoisotopic (exact) mass is 221 g/mol. The summed E-state index contributed by atoms with van der Waals surface area (Å²) in [6.45, 7) is 0. The fourth-order valence-corrected chi connectivity index (χ4v) is 0.724. The van der Waals surface area contributed by atoms with Crippen LogP contribution in [0.3, 0.4) is 0 Å². The zero-order valence-corrected chi connectivity index (χ0v) is 7.04. The van der Waals surface area contributed by atoms with Gasteiger partial charge in [0.15, 0.2) is 0 Å². The van der Waals surface area contributed by atoms with Gasteiger partial charge in [0.05, 0.1) is 6.42 Å². The molecule has 0 saturated heterocycles. The number of halogens is 1. The van der Waals surface area contributed by atoms with E-state index in [1.54, 1.807) is 0 Å². The van der Waals surface area contributed by atoms with E-state index in [9.17, 15) is 9.59 Å². The average Bonchev–Trinajstić information content (AvgIpc) is 2.02. The second-order valence-electron chi connectivity index (χ2n) is 1.60. The molecule has 0 fully saturated rings. The minimum Gasteiger partial charge on any atom is -0.543 e. The lowest BCUT2D eigenvalue weighted by Gasteiger charge is -2.04. The van der Waals surface area contributed by atoms with Crippen LogP contribution in [-0.4, -0.2) is 24.8 Å². The molecule has 2 N–H and O–H groups in total. The fraction of sp³-hybridized carbons (Fsp3) is 0.500. The molecule has 7 heteroatoms. The van der Waals surface area contributed by atoms with Crippen molar-refractivity contribution >= 4 is 35.9 Å². The molecule has 0 unspecified atom stereocenters. The third-order valence-electron chi connectivity index (χ3n) is 0.849. The van der Waals surface area contributed by atoms with Gasteiger partial charge in [-0.3, -0.25) is 9.59 Å². The van der Waals surface area contributed by atoms with Gasteiger partial charge >= 0.3 is 20.0 Å². The summed E-state index contributed by atoms with van der Waals surface area (Å²) in [5.74, 6) is 3.03. The van der Waals surface area contributed by atoms with Crippen molar-refractivity contribution in [2.24, 2.45) is 5.90 Å². The molecule has 11 heavy (non-hydrogen) atoms. The van der Waals surface area contributed by atoms with Crippen LogP contribution in [0, 0.1) is 0 Å². The fourth-order valence-electron chi connectivity index (χ4n) is 0.352. The van der Waals surface area contributed by atoms with Crippen molar-refractivity contribution in [2.75, 3.05) is 0 Å². The first-order chi connectivity index (χ1) is 5.11. The highest BCUT2D eigenvalue weighted by atomic mass is 79.9. The summed E-state index contributed by atoms with van der Waals surface area (Å²) in [6.07, 6.45) is -0.216. The lowest BCUT2D eigenvalue weighted by atomic mass is 10.3. The van der Waals surface area contributed by atoms with E-state index >= 15 is 0 Å². The van der Waals surface area contributed by atoms with E-state index in [0.717, 1.165) is 0 Å². The van der Waals surface area contributed by atoms with Crippen LogP contribution in [0.2, 0.25) is 0 Å². The predicted octanol–water partition coefficient (Wildman–Crippen LogP) is -0.816. The quantitative estimate of drug-likeness (QED) is 0.383.